The van der Waals surface area contributed by atoms with Gasteiger partial charge in [0.15, 0.2) is 0 Å². The minimum atomic E-state index is -0.138. The van der Waals surface area contributed by atoms with Gasteiger partial charge in [-0.15, -0.1) is 23.1 Å². The zero-order valence-corrected chi connectivity index (χ0v) is 14.0. The predicted octanol–water partition coefficient (Wildman–Crippen LogP) is 4.66. The number of hydrogen-bond acceptors (Lipinski definition) is 4. The second-order valence-corrected chi connectivity index (χ2v) is 7.34. The molecular formula is C17H17FN2S2. The lowest BCUT2D eigenvalue weighted by Gasteiger charge is -2.14. The van der Waals surface area contributed by atoms with Crippen molar-refractivity contribution in [3.63, 3.8) is 0 Å². The second kappa shape index (κ2) is 7.22. The van der Waals surface area contributed by atoms with Gasteiger partial charge in [-0.05, 0) is 31.3 Å². The maximum atomic E-state index is 13.5. The maximum absolute atomic E-state index is 13.5. The van der Waals surface area contributed by atoms with Crippen molar-refractivity contribution in [2.24, 2.45) is 0 Å². The molecular weight excluding hydrogens is 315 g/mol. The molecule has 0 aliphatic carbocycles. The SMILES string of the molecule is CN(CCSc1ccccc1F)Cc1nc2ccccc2s1. The maximum Gasteiger partial charge on any atom is 0.136 e. The fraction of sp³-hybridized carbons (Fsp3) is 0.235. The van der Waals surface area contributed by atoms with Crippen LogP contribution in [0.25, 0.3) is 10.2 Å². The van der Waals surface area contributed by atoms with E-state index in [4.69, 9.17) is 0 Å². The van der Waals surface area contributed by atoms with Crippen LogP contribution in [0.5, 0.6) is 0 Å². The first-order chi connectivity index (χ1) is 10.7. The Bertz CT molecular complexity index is 724. The first-order valence-corrected chi connectivity index (χ1v) is 8.93. The topological polar surface area (TPSA) is 16.1 Å². The minimum absolute atomic E-state index is 0.138. The summed E-state index contributed by atoms with van der Waals surface area (Å²) in [4.78, 5) is 7.59. The summed E-state index contributed by atoms with van der Waals surface area (Å²) in [5, 5.41) is 1.12. The standard InChI is InChI=1S/C17H17FN2S2/c1-20(10-11-21-15-8-4-2-6-13(15)18)12-17-19-14-7-3-5-9-16(14)22-17/h2-9H,10-12H2,1H3. The third kappa shape index (κ3) is 3.85. The monoisotopic (exact) mass is 332 g/mol. The molecule has 0 saturated heterocycles. The minimum Gasteiger partial charge on any atom is -0.299 e. The Morgan fingerprint density at radius 3 is 2.73 bits per heavy atom. The highest BCUT2D eigenvalue weighted by Gasteiger charge is 2.07. The van der Waals surface area contributed by atoms with Crippen molar-refractivity contribution >= 4 is 33.3 Å². The summed E-state index contributed by atoms with van der Waals surface area (Å²) < 4.78 is 14.8. The molecule has 0 radical (unpaired) electrons. The third-order valence-corrected chi connectivity index (χ3v) is 5.36. The van der Waals surface area contributed by atoms with Crippen LogP contribution >= 0.6 is 23.1 Å². The normalized spacial score (nSPS) is 11.4. The van der Waals surface area contributed by atoms with Gasteiger partial charge in [0.25, 0.3) is 0 Å². The van der Waals surface area contributed by atoms with Crippen LogP contribution in [0.2, 0.25) is 0 Å². The largest absolute Gasteiger partial charge is 0.299 e. The molecule has 2 nitrogen and oxygen atoms in total. The lowest BCUT2D eigenvalue weighted by atomic mass is 10.3. The molecule has 2 aromatic carbocycles. The molecule has 0 bridgehead atoms. The molecule has 1 heterocycles. The summed E-state index contributed by atoms with van der Waals surface area (Å²) in [6, 6.07) is 15.1. The van der Waals surface area contributed by atoms with Gasteiger partial charge >= 0.3 is 0 Å². The van der Waals surface area contributed by atoms with Crippen molar-refractivity contribution < 1.29 is 4.39 Å². The van der Waals surface area contributed by atoms with Gasteiger partial charge in [0.2, 0.25) is 0 Å². The first-order valence-electron chi connectivity index (χ1n) is 7.13. The number of halogens is 1. The average Bonchev–Trinajstić information content (AvgIpc) is 2.91. The summed E-state index contributed by atoms with van der Waals surface area (Å²) in [6.45, 7) is 1.73. The zero-order valence-electron chi connectivity index (χ0n) is 12.3. The summed E-state index contributed by atoms with van der Waals surface area (Å²) in [6.07, 6.45) is 0. The van der Waals surface area contributed by atoms with E-state index in [0.29, 0.717) is 0 Å². The Balaban J connectivity index is 1.52. The molecule has 0 aliphatic rings. The van der Waals surface area contributed by atoms with E-state index in [1.807, 2.05) is 30.3 Å². The van der Waals surface area contributed by atoms with Gasteiger partial charge in [-0.1, -0.05) is 24.3 Å². The third-order valence-electron chi connectivity index (χ3n) is 3.31. The van der Waals surface area contributed by atoms with Gasteiger partial charge < -0.3 is 0 Å². The van der Waals surface area contributed by atoms with Gasteiger partial charge in [0.1, 0.15) is 10.8 Å². The van der Waals surface area contributed by atoms with Crippen molar-refractivity contribution in [3.05, 3.63) is 59.4 Å². The van der Waals surface area contributed by atoms with Gasteiger partial charge in [0, 0.05) is 17.2 Å². The second-order valence-electron chi connectivity index (χ2n) is 5.09. The summed E-state index contributed by atoms with van der Waals surface area (Å²) in [5.74, 6) is 0.726. The van der Waals surface area contributed by atoms with Crippen LogP contribution in [-0.2, 0) is 6.54 Å². The van der Waals surface area contributed by atoms with E-state index >= 15 is 0 Å². The molecule has 0 amide bonds. The smallest absolute Gasteiger partial charge is 0.136 e. The van der Waals surface area contributed by atoms with Crippen LogP contribution in [0.3, 0.4) is 0 Å². The number of thioether (sulfide) groups is 1. The van der Waals surface area contributed by atoms with Gasteiger partial charge in [-0.25, -0.2) is 9.37 Å². The molecule has 3 aromatic rings. The van der Waals surface area contributed by atoms with Crippen molar-refractivity contribution in [1.82, 2.24) is 9.88 Å². The molecule has 0 atom stereocenters. The molecule has 5 heteroatoms. The number of nitrogens with zero attached hydrogens (tertiary/aromatic N) is 2. The molecule has 0 spiro atoms. The summed E-state index contributed by atoms with van der Waals surface area (Å²) in [7, 11) is 2.08. The average molecular weight is 332 g/mol. The zero-order chi connectivity index (χ0) is 15.4. The van der Waals surface area contributed by atoms with Gasteiger partial charge in [0.05, 0.1) is 16.8 Å². The Hall–Kier alpha value is -1.43. The predicted molar refractivity (Wildman–Crippen MR) is 93.1 cm³/mol. The number of benzene rings is 2. The van der Waals surface area contributed by atoms with Gasteiger partial charge in [-0.2, -0.15) is 0 Å². The molecule has 0 fully saturated rings. The van der Waals surface area contributed by atoms with E-state index in [2.05, 4.69) is 23.0 Å². The molecule has 0 unspecified atom stereocenters. The Labute approximate surface area is 138 Å². The lowest BCUT2D eigenvalue weighted by Crippen LogP contribution is -2.20. The highest BCUT2D eigenvalue weighted by Crippen LogP contribution is 2.23. The molecule has 0 N–H and O–H groups in total. The van der Waals surface area contributed by atoms with E-state index in [9.17, 15) is 4.39 Å². The van der Waals surface area contributed by atoms with Crippen LogP contribution in [-0.4, -0.2) is 29.2 Å². The Morgan fingerprint density at radius 1 is 1.14 bits per heavy atom. The number of fused-ring (bicyclic) bond motifs is 1. The highest BCUT2D eigenvalue weighted by molar-refractivity contribution is 7.99. The van der Waals surface area contributed by atoms with Crippen molar-refractivity contribution in [3.8, 4) is 0 Å². The molecule has 0 aliphatic heterocycles. The van der Waals surface area contributed by atoms with E-state index in [0.717, 1.165) is 34.3 Å². The summed E-state index contributed by atoms with van der Waals surface area (Å²) >= 11 is 3.30. The fourth-order valence-corrected chi connectivity index (χ4v) is 4.22. The molecule has 1 aromatic heterocycles. The van der Waals surface area contributed by atoms with E-state index in [1.165, 1.54) is 10.8 Å². The van der Waals surface area contributed by atoms with E-state index in [1.54, 1.807) is 29.2 Å². The Morgan fingerprint density at radius 2 is 1.91 bits per heavy atom. The molecule has 114 valence electrons. The molecule has 0 saturated carbocycles. The molecule has 22 heavy (non-hydrogen) atoms. The van der Waals surface area contributed by atoms with Crippen LogP contribution < -0.4 is 0 Å². The van der Waals surface area contributed by atoms with E-state index in [-0.39, 0.29) is 5.82 Å². The number of hydrogen-bond donors (Lipinski definition) is 0. The van der Waals surface area contributed by atoms with Crippen molar-refractivity contribution in [1.29, 1.82) is 0 Å². The first kappa shape index (κ1) is 15.5. The fourth-order valence-electron chi connectivity index (χ4n) is 2.17. The van der Waals surface area contributed by atoms with Gasteiger partial charge in [-0.3, -0.25) is 4.90 Å². The quantitative estimate of drug-likeness (QED) is 0.611. The Kier molecular flexibility index (Phi) is 5.08. The van der Waals surface area contributed by atoms with E-state index < -0.39 is 0 Å². The van der Waals surface area contributed by atoms with Crippen LogP contribution in [0.1, 0.15) is 5.01 Å². The summed E-state index contributed by atoms with van der Waals surface area (Å²) in [5.41, 5.74) is 1.07. The lowest BCUT2D eigenvalue weighted by molar-refractivity contribution is 0.348. The number of aromatic nitrogens is 1. The van der Waals surface area contributed by atoms with Crippen LogP contribution in [0, 0.1) is 5.82 Å². The van der Waals surface area contributed by atoms with Crippen molar-refractivity contribution in [2.75, 3.05) is 19.3 Å². The number of rotatable bonds is 6. The number of para-hydroxylation sites is 1. The van der Waals surface area contributed by atoms with Crippen LogP contribution in [0.4, 0.5) is 4.39 Å². The van der Waals surface area contributed by atoms with Crippen molar-refractivity contribution in [2.45, 2.75) is 11.4 Å². The number of thiazole rings is 1. The molecule has 3 rings (SSSR count). The highest BCUT2D eigenvalue weighted by atomic mass is 32.2. The van der Waals surface area contributed by atoms with Crippen LogP contribution in [0.15, 0.2) is 53.4 Å².